The van der Waals surface area contributed by atoms with Crippen LogP contribution in [0.2, 0.25) is 0 Å². The average Bonchev–Trinajstić information content (AvgIpc) is 3.45. The van der Waals surface area contributed by atoms with Crippen LogP contribution in [0.1, 0.15) is 67.8 Å². The van der Waals surface area contributed by atoms with Crippen molar-refractivity contribution in [1.29, 1.82) is 0 Å². The summed E-state index contributed by atoms with van der Waals surface area (Å²) in [5, 5.41) is 20.1. The van der Waals surface area contributed by atoms with E-state index >= 15 is 0 Å². The molecular weight excluding hydrogens is 520 g/mol. The van der Waals surface area contributed by atoms with E-state index in [2.05, 4.69) is 63.3 Å². The molecule has 10 heteroatoms. The van der Waals surface area contributed by atoms with Crippen molar-refractivity contribution in [2.75, 3.05) is 39.2 Å². The Labute approximate surface area is 243 Å². The molecule has 10 nitrogen and oxygen atoms in total. The van der Waals surface area contributed by atoms with Gasteiger partial charge in [0.1, 0.15) is 17.6 Å². The van der Waals surface area contributed by atoms with E-state index in [1.54, 1.807) is 19.0 Å². The van der Waals surface area contributed by atoms with E-state index < -0.39 is 0 Å². The molecular formula is C31H44N6O4. The first kappa shape index (κ1) is 29.3. The van der Waals surface area contributed by atoms with Crippen molar-refractivity contribution in [3.05, 3.63) is 59.4 Å². The Morgan fingerprint density at radius 1 is 1.12 bits per heavy atom. The third-order valence-corrected chi connectivity index (χ3v) is 8.29. The van der Waals surface area contributed by atoms with E-state index in [0.29, 0.717) is 12.6 Å². The van der Waals surface area contributed by atoms with Gasteiger partial charge in [-0.3, -0.25) is 0 Å². The van der Waals surface area contributed by atoms with E-state index in [1.165, 1.54) is 5.56 Å². The number of hydrogen-bond acceptors (Lipinski definition) is 9. The average molecular weight is 565 g/mol. The summed E-state index contributed by atoms with van der Waals surface area (Å²) in [6.07, 6.45) is 5.08. The highest BCUT2D eigenvalue weighted by Gasteiger charge is 2.34. The van der Waals surface area contributed by atoms with Crippen molar-refractivity contribution < 1.29 is 18.9 Å². The molecule has 222 valence electrons. The van der Waals surface area contributed by atoms with Gasteiger partial charge in [0.25, 0.3) is 0 Å². The second-order valence-electron chi connectivity index (χ2n) is 11.1. The highest BCUT2D eigenvalue weighted by Crippen LogP contribution is 2.36. The van der Waals surface area contributed by atoms with Crippen molar-refractivity contribution >= 4 is 5.69 Å². The fraction of sp³-hybridized carbons (Fsp3) is 0.581. The first-order valence-electron chi connectivity index (χ1n) is 14.8. The molecule has 1 fully saturated rings. The topological polar surface area (TPSA) is 105 Å². The molecule has 0 amide bonds. The van der Waals surface area contributed by atoms with Crippen LogP contribution < -0.4 is 20.1 Å². The minimum atomic E-state index is 0.0415. The number of fused-ring (bicyclic) bond motifs is 1. The molecule has 2 N–H and O–H groups in total. The van der Waals surface area contributed by atoms with Gasteiger partial charge in [0.15, 0.2) is 5.82 Å². The number of benzene rings is 2. The molecule has 41 heavy (non-hydrogen) atoms. The number of anilines is 1. The van der Waals surface area contributed by atoms with Gasteiger partial charge in [-0.25, -0.2) is 0 Å². The van der Waals surface area contributed by atoms with Gasteiger partial charge >= 0.3 is 0 Å². The Morgan fingerprint density at radius 2 is 1.98 bits per heavy atom. The van der Waals surface area contributed by atoms with Crippen LogP contribution in [-0.2, 0) is 23.1 Å². The second-order valence-corrected chi connectivity index (χ2v) is 11.1. The van der Waals surface area contributed by atoms with E-state index in [9.17, 15) is 0 Å². The Hall–Kier alpha value is -3.21. The second kappa shape index (κ2) is 14.1. The van der Waals surface area contributed by atoms with Crippen LogP contribution in [-0.4, -0.2) is 72.4 Å². The molecule has 2 aliphatic rings. The summed E-state index contributed by atoms with van der Waals surface area (Å²) in [6, 6.07) is 15.1. The van der Waals surface area contributed by atoms with Crippen molar-refractivity contribution in [2.24, 2.45) is 7.05 Å². The first-order valence-corrected chi connectivity index (χ1v) is 14.8. The van der Waals surface area contributed by atoms with Gasteiger partial charge in [-0.15, -0.1) is 10.2 Å². The van der Waals surface area contributed by atoms with Crippen molar-refractivity contribution in [3.8, 4) is 11.5 Å². The number of piperidine rings is 1. The lowest BCUT2D eigenvalue weighted by Gasteiger charge is -2.38. The largest absolute Gasteiger partial charge is 0.497 e. The molecule has 0 bridgehead atoms. The quantitative estimate of drug-likeness (QED) is 0.292. The molecule has 3 aromatic rings. The maximum atomic E-state index is 6.62. The van der Waals surface area contributed by atoms with E-state index in [-0.39, 0.29) is 24.0 Å². The van der Waals surface area contributed by atoms with Gasteiger partial charge in [-0.2, -0.15) is 4.80 Å². The maximum absolute atomic E-state index is 6.62. The van der Waals surface area contributed by atoms with Crippen LogP contribution in [0.4, 0.5) is 5.69 Å². The number of nitrogens with zero attached hydrogens (tertiary/aromatic N) is 4. The number of ether oxygens (including phenoxy) is 4. The summed E-state index contributed by atoms with van der Waals surface area (Å²) in [5.41, 5.74) is 3.44. The number of aromatic nitrogens is 4. The zero-order valence-electron chi connectivity index (χ0n) is 24.7. The molecule has 1 unspecified atom stereocenters. The Bertz CT molecular complexity index is 1240. The molecule has 1 saturated heterocycles. The smallest absolute Gasteiger partial charge is 0.177 e. The molecule has 3 heterocycles. The molecule has 0 saturated carbocycles. The highest BCUT2D eigenvalue weighted by atomic mass is 16.5. The monoisotopic (exact) mass is 564 g/mol. The molecule has 2 aromatic carbocycles. The van der Waals surface area contributed by atoms with Crippen molar-refractivity contribution in [3.63, 3.8) is 0 Å². The lowest BCUT2D eigenvalue weighted by Crippen LogP contribution is -2.47. The summed E-state index contributed by atoms with van der Waals surface area (Å²) < 4.78 is 23.4. The normalized spacial score (nSPS) is 22.8. The molecule has 0 radical (unpaired) electrons. The number of rotatable bonds is 13. The van der Waals surface area contributed by atoms with Crippen LogP contribution in [0.15, 0.2) is 42.5 Å². The third kappa shape index (κ3) is 7.55. The van der Waals surface area contributed by atoms with Gasteiger partial charge in [0.05, 0.1) is 39.1 Å². The van der Waals surface area contributed by atoms with Crippen LogP contribution >= 0.6 is 0 Å². The van der Waals surface area contributed by atoms with Gasteiger partial charge in [-0.05, 0) is 72.7 Å². The first-order chi connectivity index (χ1) is 20.1. The van der Waals surface area contributed by atoms with Gasteiger partial charge < -0.3 is 29.6 Å². The molecule has 0 aliphatic carbocycles. The van der Waals surface area contributed by atoms with Gasteiger partial charge in [0.2, 0.25) is 0 Å². The van der Waals surface area contributed by atoms with Crippen molar-refractivity contribution in [1.82, 2.24) is 25.5 Å². The molecule has 5 atom stereocenters. The Morgan fingerprint density at radius 3 is 2.71 bits per heavy atom. The number of hydrogen-bond donors (Lipinski definition) is 2. The summed E-state index contributed by atoms with van der Waals surface area (Å²) in [5.74, 6) is 3.11. The zero-order chi connectivity index (χ0) is 28.6. The number of tetrazole rings is 1. The van der Waals surface area contributed by atoms with Crippen LogP contribution in [0.25, 0.3) is 0 Å². The molecule has 1 aromatic heterocycles. The van der Waals surface area contributed by atoms with Crippen molar-refractivity contribution in [2.45, 2.75) is 75.7 Å². The predicted molar refractivity (Wildman–Crippen MR) is 158 cm³/mol. The minimum absolute atomic E-state index is 0.0415. The van der Waals surface area contributed by atoms with E-state index in [1.807, 2.05) is 19.2 Å². The summed E-state index contributed by atoms with van der Waals surface area (Å²) in [7, 11) is 5.25. The molecule has 0 spiro atoms. The van der Waals surface area contributed by atoms with Gasteiger partial charge in [-0.1, -0.05) is 25.1 Å². The Kier molecular flexibility index (Phi) is 10.1. The number of methoxy groups -OCH3 is 2. The predicted octanol–water partition coefficient (Wildman–Crippen LogP) is 4.43. The summed E-state index contributed by atoms with van der Waals surface area (Å²) in [6.45, 7) is 5.07. The summed E-state index contributed by atoms with van der Waals surface area (Å²) in [4.78, 5) is 1.54. The molecule has 5 rings (SSSR count). The molecule has 2 aliphatic heterocycles. The number of nitrogens with one attached hydrogen (secondary N) is 2. The SMILES string of the molecule is CC[C@H](C[C@H]1C[C@H](c2ccc(OC)cc2)[C@@H](OCc2ccc3c(c2)NCC(CCCOC)O3)CN1)c1nnn(C)n1. The zero-order valence-corrected chi connectivity index (χ0v) is 24.7. The van der Waals surface area contributed by atoms with Crippen LogP contribution in [0.3, 0.4) is 0 Å². The lowest BCUT2D eigenvalue weighted by atomic mass is 9.81. The van der Waals surface area contributed by atoms with Crippen LogP contribution in [0, 0.1) is 0 Å². The number of aryl methyl sites for hydroxylation is 1. The maximum Gasteiger partial charge on any atom is 0.177 e. The fourth-order valence-electron chi connectivity index (χ4n) is 5.96. The Balaban J connectivity index is 1.24. The van der Waals surface area contributed by atoms with E-state index in [0.717, 1.165) is 80.4 Å². The third-order valence-electron chi connectivity index (χ3n) is 8.29. The van der Waals surface area contributed by atoms with E-state index in [4.69, 9.17) is 18.9 Å². The fourth-order valence-corrected chi connectivity index (χ4v) is 5.96. The van der Waals surface area contributed by atoms with Crippen LogP contribution in [0.5, 0.6) is 11.5 Å². The highest BCUT2D eigenvalue weighted by molar-refractivity contribution is 5.59. The summed E-state index contributed by atoms with van der Waals surface area (Å²) >= 11 is 0. The van der Waals surface area contributed by atoms with Gasteiger partial charge in [0, 0.05) is 38.1 Å². The standard InChI is InChI=1S/C31H44N6O4/c1-5-22(31-34-36-37(2)35-31)16-24-17-27(23-9-11-25(39-4)12-10-23)30(19-32-24)40-20-21-8-13-29-28(15-21)33-18-26(41-29)7-6-14-38-3/h8-13,15,22,24,26-27,30,32-33H,5-7,14,16-20H2,1-4H3/t22-,24+,26?,27-,30+/m1/s1. The minimum Gasteiger partial charge on any atom is -0.497 e. The lowest BCUT2D eigenvalue weighted by molar-refractivity contribution is 0.00165.